The predicted molar refractivity (Wildman–Crippen MR) is 125 cm³/mol. The van der Waals surface area contributed by atoms with E-state index in [1.54, 1.807) is 18.3 Å². The largest absolute Gasteiger partial charge is 0.340 e. The van der Waals surface area contributed by atoms with Crippen molar-refractivity contribution in [2.75, 3.05) is 18.0 Å². The minimum absolute atomic E-state index is 0.188. The third kappa shape index (κ3) is 3.74. The van der Waals surface area contributed by atoms with Gasteiger partial charge in [-0.05, 0) is 37.3 Å². The Hall–Kier alpha value is -2.71. The van der Waals surface area contributed by atoms with E-state index >= 15 is 0 Å². The van der Waals surface area contributed by atoms with Crippen molar-refractivity contribution >= 4 is 39.1 Å². The van der Waals surface area contributed by atoms with Gasteiger partial charge in [-0.3, -0.25) is 9.89 Å². The molecule has 7 nitrogen and oxygen atoms in total. The first-order valence-electron chi connectivity index (χ1n) is 10.4. The molecule has 0 spiro atoms. The van der Waals surface area contributed by atoms with Crippen LogP contribution in [0.15, 0.2) is 35.3 Å². The van der Waals surface area contributed by atoms with Crippen molar-refractivity contribution < 1.29 is 0 Å². The van der Waals surface area contributed by atoms with Crippen LogP contribution >= 0.6 is 22.9 Å². The van der Waals surface area contributed by atoms with Crippen LogP contribution < -0.4 is 10.5 Å². The van der Waals surface area contributed by atoms with Crippen LogP contribution in [0.5, 0.6) is 0 Å². The number of piperidine rings is 1. The van der Waals surface area contributed by atoms with Gasteiger partial charge in [-0.1, -0.05) is 42.9 Å². The smallest absolute Gasteiger partial charge is 0.273 e. The summed E-state index contributed by atoms with van der Waals surface area (Å²) in [5.41, 5.74) is 2.81. The zero-order valence-electron chi connectivity index (χ0n) is 17.6. The fourth-order valence-electron chi connectivity index (χ4n) is 4.37. The van der Waals surface area contributed by atoms with Gasteiger partial charge in [-0.2, -0.15) is 4.68 Å². The third-order valence-corrected chi connectivity index (χ3v) is 6.99. The summed E-state index contributed by atoms with van der Waals surface area (Å²) in [5.74, 6) is 2.00. The number of thiazole rings is 1. The Morgan fingerprint density at radius 1 is 1.19 bits per heavy atom. The van der Waals surface area contributed by atoms with Crippen molar-refractivity contribution in [1.82, 2.24) is 24.7 Å². The first-order chi connectivity index (χ1) is 14.9. The molecule has 3 aromatic heterocycles. The highest BCUT2D eigenvalue weighted by molar-refractivity contribution is 7.20. The number of aryl methyl sites for hydroxylation is 1. The molecule has 31 heavy (non-hydrogen) atoms. The maximum Gasteiger partial charge on any atom is 0.273 e. The van der Waals surface area contributed by atoms with Crippen molar-refractivity contribution in [2.24, 2.45) is 11.8 Å². The van der Waals surface area contributed by atoms with E-state index < -0.39 is 0 Å². The Kier molecular flexibility index (Phi) is 5.06. The molecule has 2 unspecified atom stereocenters. The molecule has 0 bridgehead atoms. The van der Waals surface area contributed by atoms with Crippen LogP contribution in [0.25, 0.3) is 26.6 Å². The number of H-pyrrole nitrogens is 1. The van der Waals surface area contributed by atoms with Crippen molar-refractivity contribution in [3.63, 3.8) is 0 Å². The summed E-state index contributed by atoms with van der Waals surface area (Å²) in [5, 5.41) is 4.28. The Balaban J connectivity index is 1.48. The number of para-hydroxylation sites is 1. The van der Waals surface area contributed by atoms with Crippen LogP contribution in [0.1, 0.15) is 26.0 Å². The van der Waals surface area contributed by atoms with Crippen molar-refractivity contribution in [2.45, 2.75) is 27.2 Å². The van der Waals surface area contributed by atoms with E-state index in [0.29, 0.717) is 33.2 Å². The first kappa shape index (κ1) is 20.2. The highest BCUT2D eigenvalue weighted by Crippen LogP contribution is 2.30. The average Bonchev–Trinajstić information content (AvgIpc) is 3.31. The summed E-state index contributed by atoms with van der Waals surface area (Å²) in [6.07, 6.45) is 3.03. The lowest BCUT2D eigenvalue weighted by Gasteiger charge is -2.35. The van der Waals surface area contributed by atoms with E-state index in [-0.39, 0.29) is 5.56 Å². The maximum absolute atomic E-state index is 12.7. The second-order valence-corrected chi connectivity index (χ2v) is 9.86. The predicted octanol–water partition coefficient (Wildman–Crippen LogP) is 4.68. The van der Waals surface area contributed by atoms with Gasteiger partial charge in [0.05, 0.1) is 21.1 Å². The molecule has 0 aliphatic carbocycles. The van der Waals surface area contributed by atoms with Crippen LogP contribution in [0.2, 0.25) is 5.02 Å². The van der Waals surface area contributed by atoms with Gasteiger partial charge in [-0.25, -0.2) is 15.0 Å². The number of benzene rings is 1. The molecule has 4 heterocycles. The minimum atomic E-state index is -0.188. The third-order valence-electron chi connectivity index (χ3n) is 5.68. The SMILES string of the molecule is Cc1nc(N2CC(C)CC(C)C2)ncc1-c1cc(=O)n(-c2nc3c(Cl)cccc3s2)[nH]1. The summed E-state index contributed by atoms with van der Waals surface area (Å²) in [6.45, 7) is 8.43. The minimum Gasteiger partial charge on any atom is -0.340 e. The standard InChI is InChI=1S/C22H23ClN6OS/c1-12-7-13(2)11-28(10-12)21-24-9-15(14(3)25-21)17-8-19(30)29(27-17)22-26-20-16(23)5-4-6-18(20)31-22/h4-6,8-9,12-13,27H,7,10-11H2,1-3H3. The summed E-state index contributed by atoms with van der Waals surface area (Å²) < 4.78 is 2.37. The van der Waals surface area contributed by atoms with Crippen LogP contribution in [-0.2, 0) is 0 Å². The quantitative estimate of drug-likeness (QED) is 0.486. The number of hydrogen-bond donors (Lipinski definition) is 1. The highest BCUT2D eigenvalue weighted by Gasteiger charge is 2.24. The number of anilines is 1. The Bertz CT molecular complexity index is 1320. The molecule has 1 aliphatic rings. The van der Waals surface area contributed by atoms with Crippen molar-refractivity contribution in [3.05, 3.63) is 51.5 Å². The van der Waals surface area contributed by atoms with Crippen LogP contribution in [-0.4, -0.2) is 37.8 Å². The number of hydrogen-bond acceptors (Lipinski definition) is 6. The van der Waals surface area contributed by atoms with E-state index in [1.165, 1.54) is 22.4 Å². The monoisotopic (exact) mass is 454 g/mol. The second-order valence-electron chi connectivity index (χ2n) is 8.45. The number of halogens is 1. The highest BCUT2D eigenvalue weighted by atomic mass is 35.5. The Morgan fingerprint density at radius 3 is 2.68 bits per heavy atom. The lowest BCUT2D eigenvalue weighted by molar-refractivity contribution is 0.353. The zero-order chi connectivity index (χ0) is 21.7. The molecule has 9 heteroatoms. The number of nitrogens with zero attached hydrogens (tertiary/aromatic N) is 5. The fourth-order valence-corrected chi connectivity index (χ4v) is 5.60. The average molecular weight is 455 g/mol. The Labute approximate surface area is 188 Å². The number of aromatic nitrogens is 5. The number of fused-ring (bicyclic) bond motifs is 1. The lowest BCUT2D eigenvalue weighted by Crippen LogP contribution is -2.39. The van der Waals surface area contributed by atoms with Crippen LogP contribution in [0.3, 0.4) is 0 Å². The maximum atomic E-state index is 12.7. The number of nitrogens with one attached hydrogen (secondary N) is 1. The van der Waals surface area contributed by atoms with E-state index in [4.69, 9.17) is 16.6 Å². The molecular weight excluding hydrogens is 432 g/mol. The van der Waals surface area contributed by atoms with E-state index in [0.717, 1.165) is 35.0 Å². The van der Waals surface area contributed by atoms with E-state index in [1.807, 2.05) is 19.1 Å². The molecular formula is C22H23ClN6OS. The molecule has 5 rings (SSSR count). The molecule has 1 aliphatic heterocycles. The van der Waals surface area contributed by atoms with Crippen molar-refractivity contribution in [1.29, 1.82) is 0 Å². The van der Waals surface area contributed by atoms with E-state index in [2.05, 4.69) is 33.8 Å². The number of rotatable bonds is 3. The molecule has 1 N–H and O–H groups in total. The molecule has 2 atom stereocenters. The van der Waals surface area contributed by atoms with Gasteiger partial charge in [0.2, 0.25) is 11.1 Å². The molecule has 1 saturated heterocycles. The zero-order valence-corrected chi connectivity index (χ0v) is 19.2. The topological polar surface area (TPSA) is 79.7 Å². The lowest BCUT2D eigenvalue weighted by atomic mass is 9.92. The molecule has 1 aromatic carbocycles. The second kappa shape index (κ2) is 7.76. The summed E-state index contributed by atoms with van der Waals surface area (Å²) in [7, 11) is 0. The molecule has 160 valence electrons. The molecule has 0 radical (unpaired) electrons. The van der Waals surface area contributed by atoms with Gasteiger partial charge in [0.15, 0.2) is 0 Å². The fraction of sp³-hybridized carbons (Fsp3) is 0.364. The molecule has 4 aromatic rings. The molecule has 0 saturated carbocycles. The summed E-state index contributed by atoms with van der Waals surface area (Å²) in [4.78, 5) is 28.9. The Morgan fingerprint density at radius 2 is 1.97 bits per heavy atom. The van der Waals surface area contributed by atoms with Gasteiger partial charge in [-0.15, -0.1) is 0 Å². The van der Waals surface area contributed by atoms with Gasteiger partial charge in [0.1, 0.15) is 5.52 Å². The van der Waals surface area contributed by atoms with Gasteiger partial charge in [0, 0.05) is 30.9 Å². The summed E-state index contributed by atoms with van der Waals surface area (Å²) >= 11 is 7.65. The first-order valence-corrected chi connectivity index (χ1v) is 11.5. The molecule has 1 fully saturated rings. The van der Waals surface area contributed by atoms with Gasteiger partial charge < -0.3 is 4.90 Å². The van der Waals surface area contributed by atoms with Gasteiger partial charge >= 0.3 is 0 Å². The summed E-state index contributed by atoms with van der Waals surface area (Å²) in [6, 6.07) is 7.17. The van der Waals surface area contributed by atoms with Crippen molar-refractivity contribution in [3.8, 4) is 16.4 Å². The molecule has 0 amide bonds. The van der Waals surface area contributed by atoms with Gasteiger partial charge in [0.25, 0.3) is 5.56 Å². The van der Waals surface area contributed by atoms with Crippen LogP contribution in [0.4, 0.5) is 5.95 Å². The normalized spacial score (nSPS) is 19.3. The van der Waals surface area contributed by atoms with Crippen LogP contribution in [0, 0.1) is 18.8 Å². The number of aromatic amines is 1. The van der Waals surface area contributed by atoms with E-state index in [9.17, 15) is 4.79 Å².